The summed E-state index contributed by atoms with van der Waals surface area (Å²) in [5.41, 5.74) is 7.62. The average Bonchev–Trinajstić information content (AvgIpc) is 2.61. The van der Waals surface area contributed by atoms with Gasteiger partial charge in [0.15, 0.2) is 0 Å². The van der Waals surface area contributed by atoms with Gasteiger partial charge in [0.25, 0.3) is 5.91 Å². The summed E-state index contributed by atoms with van der Waals surface area (Å²) in [5.74, 6) is -0.0930. The molecule has 0 saturated carbocycles. The molecule has 0 aliphatic heterocycles. The van der Waals surface area contributed by atoms with Crippen molar-refractivity contribution < 1.29 is 9.90 Å². The number of amides is 1. The van der Waals surface area contributed by atoms with E-state index in [1.54, 1.807) is 48.5 Å². The van der Waals surface area contributed by atoms with Gasteiger partial charge in [0.1, 0.15) is 5.75 Å². The van der Waals surface area contributed by atoms with Gasteiger partial charge in [-0.05, 0) is 60.7 Å². The van der Waals surface area contributed by atoms with Crippen LogP contribution in [0.2, 0.25) is 10.0 Å². The third-order valence-electron chi connectivity index (χ3n) is 3.51. The molecule has 0 radical (unpaired) electrons. The number of aromatic hydroxyl groups is 1. The maximum absolute atomic E-state index is 12.3. The Morgan fingerprint density at radius 1 is 0.962 bits per heavy atom. The molecule has 3 rings (SSSR count). The summed E-state index contributed by atoms with van der Waals surface area (Å²) < 4.78 is 0. The Morgan fingerprint density at radius 2 is 1.69 bits per heavy atom. The molecule has 1 amide bonds. The van der Waals surface area contributed by atoms with Gasteiger partial charge in [-0.1, -0.05) is 35.0 Å². The number of anilines is 2. The summed E-state index contributed by atoms with van der Waals surface area (Å²) in [6.07, 6.45) is 0. The number of phenols is 1. The first-order chi connectivity index (χ1) is 12.4. The Hall–Kier alpha value is -2.34. The maximum Gasteiger partial charge on any atom is 0.255 e. The number of carbonyl (C=O) groups excluding carboxylic acids is 1. The lowest BCUT2D eigenvalue weighted by Crippen LogP contribution is -2.12. The molecule has 7 heteroatoms. The van der Waals surface area contributed by atoms with Gasteiger partial charge in [0.05, 0.1) is 10.0 Å². The van der Waals surface area contributed by atoms with Crippen molar-refractivity contribution >= 4 is 52.2 Å². The van der Waals surface area contributed by atoms with Gasteiger partial charge in [-0.15, -0.1) is 0 Å². The maximum atomic E-state index is 12.3. The second-order valence-corrected chi connectivity index (χ2v) is 7.36. The Bertz CT molecular complexity index is 962. The van der Waals surface area contributed by atoms with Gasteiger partial charge in [0, 0.05) is 26.7 Å². The molecular weight excluding hydrogens is 391 g/mol. The van der Waals surface area contributed by atoms with Crippen molar-refractivity contribution in [2.75, 3.05) is 11.1 Å². The zero-order valence-corrected chi connectivity index (χ0v) is 15.7. The van der Waals surface area contributed by atoms with Crippen LogP contribution < -0.4 is 11.1 Å². The lowest BCUT2D eigenvalue weighted by molar-refractivity contribution is 0.102. The fourth-order valence-corrected chi connectivity index (χ4v) is 3.34. The van der Waals surface area contributed by atoms with E-state index in [0.717, 1.165) is 9.79 Å². The molecule has 0 aromatic heterocycles. The Morgan fingerprint density at radius 3 is 2.35 bits per heavy atom. The van der Waals surface area contributed by atoms with Crippen molar-refractivity contribution in [3.63, 3.8) is 0 Å². The monoisotopic (exact) mass is 404 g/mol. The van der Waals surface area contributed by atoms with E-state index < -0.39 is 0 Å². The lowest BCUT2D eigenvalue weighted by Gasteiger charge is -2.10. The third-order valence-corrected chi connectivity index (χ3v) is 5.35. The Labute approximate surface area is 164 Å². The van der Waals surface area contributed by atoms with E-state index in [4.69, 9.17) is 28.9 Å². The summed E-state index contributed by atoms with van der Waals surface area (Å²) in [6.45, 7) is 0. The predicted molar refractivity (Wildman–Crippen MR) is 107 cm³/mol. The highest BCUT2D eigenvalue weighted by Gasteiger charge is 2.10. The molecule has 0 unspecified atom stereocenters. The zero-order valence-electron chi connectivity index (χ0n) is 13.4. The number of halogens is 2. The van der Waals surface area contributed by atoms with E-state index in [1.165, 1.54) is 17.8 Å². The molecule has 0 aliphatic rings. The molecule has 0 heterocycles. The minimum atomic E-state index is -0.304. The van der Waals surface area contributed by atoms with Crippen LogP contribution in [0.3, 0.4) is 0 Å². The first-order valence-corrected chi connectivity index (χ1v) is 9.12. The van der Waals surface area contributed by atoms with Crippen LogP contribution in [0.15, 0.2) is 70.5 Å². The minimum absolute atomic E-state index is 0.211. The van der Waals surface area contributed by atoms with E-state index in [-0.39, 0.29) is 11.7 Å². The molecular formula is C19H14Cl2N2O2S. The van der Waals surface area contributed by atoms with Crippen LogP contribution in [0.4, 0.5) is 11.4 Å². The molecule has 0 bridgehead atoms. The Balaban J connectivity index is 1.73. The van der Waals surface area contributed by atoms with E-state index in [9.17, 15) is 9.90 Å². The number of nitrogen functional groups attached to an aromatic ring is 1. The summed E-state index contributed by atoms with van der Waals surface area (Å²) in [5, 5.41) is 12.8. The van der Waals surface area contributed by atoms with Crippen LogP contribution >= 0.6 is 35.0 Å². The van der Waals surface area contributed by atoms with Gasteiger partial charge < -0.3 is 16.2 Å². The molecule has 26 heavy (non-hydrogen) atoms. The highest BCUT2D eigenvalue weighted by molar-refractivity contribution is 7.99. The fourth-order valence-electron chi connectivity index (χ4n) is 2.20. The number of benzene rings is 3. The number of hydrogen-bond donors (Lipinski definition) is 3. The van der Waals surface area contributed by atoms with Crippen LogP contribution in [0.1, 0.15) is 10.4 Å². The molecule has 0 spiro atoms. The summed E-state index contributed by atoms with van der Waals surface area (Å²) in [6, 6.07) is 16.8. The lowest BCUT2D eigenvalue weighted by atomic mass is 10.2. The standard InChI is InChI=1S/C19H14Cl2N2O2S/c20-15-7-1-11(9-16(15)21)19(25)23-12-2-8-18(17(22)10-12)26-14-5-3-13(24)4-6-14/h1-10,24H,22H2,(H,23,25). The normalized spacial score (nSPS) is 10.5. The third kappa shape index (κ3) is 4.43. The molecule has 0 aliphatic carbocycles. The van der Waals surface area contributed by atoms with E-state index in [2.05, 4.69) is 5.32 Å². The van der Waals surface area contributed by atoms with Crippen molar-refractivity contribution in [2.24, 2.45) is 0 Å². The molecule has 132 valence electrons. The van der Waals surface area contributed by atoms with Crippen molar-refractivity contribution in [1.82, 2.24) is 0 Å². The van der Waals surface area contributed by atoms with Crippen molar-refractivity contribution in [1.29, 1.82) is 0 Å². The number of carbonyl (C=O) groups is 1. The topological polar surface area (TPSA) is 75.3 Å². The van der Waals surface area contributed by atoms with E-state index >= 15 is 0 Å². The molecule has 3 aromatic rings. The van der Waals surface area contributed by atoms with Gasteiger partial charge in [0.2, 0.25) is 0 Å². The van der Waals surface area contributed by atoms with E-state index in [0.29, 0.717) is 27.0 Å². The SMILES string of the molecule is Nc1cc(NC(=O)c2ccc(Cl)c(Cl)c2)ccc1Sc1ccc(O)cc1. The second kappa shape index (κ2) is 7.91. The highest BCUT2D eigenvalue weighted by atomic mass is 35.5. The van der Waals surface area contributed by atoms with Crippen LogP contribution in [0.25, 0.3) is 0 Å². The molecule has 0 fully saturated rings. The second-order valence-electron chi connectivity index (χ2n) is 5.43. The zero-order chi connectivity index (χ0) is 18.7. The molecule has 4 nitrogen and oxygen atoms in total. The van der Waals surface area contributed by atoms with Gasteiger partial charge in [-0.3, -0.25) is 4.79 Å². The van der Waals surface area contributed by atoms with Gasteiger partial charge in [-0.2, -0.15) is 0 Å². The fraction of sp³-hybridized carbons (Fsp3) is 0. The number of phenolic OH excluding ortho intramolecular Hbond substituents is 1. The predicted octanol–water partition coefficient (Wildman–Crippen LogP) is 5.68. The first-order valence-electron chi connectivity index (χ1n) is 7.55. The van der Waals surface area contributed by atoms with Crippen molar-refractivity contribution in [3.05, 3.63) is 76.3 Å². The number of rotatable bonds is 4. The van der Waals surface area contributed by atoms with Gasteiger partial charge in [-0.25, -0.2) is 0 Å². The van der Waals surface area contributed by atoms with E-state index in [1.807, 2.05) is 6.07 Å². The molecule has 3 aromatic carbocycles. The largest absolute Gasteiger partial charge is 0.508 e. The van der Waals surface area contributed by atoms with Crippen LogP contribution in [-0.2, 0) is 0 Å². The number of hydrogen-bond acceptors (Lipinski definition) is 4. The van der Waals surface area contributed by atoms with Crippen LogP contribution in [0, 0.1) is 0 Å². The quantitative estimate of drug-likeness (QED) is 0.488. The highest BCUT2D eigenvalue weighted by Crippen LogP contribution is 2.34. The van der Waals surface area contributed by atoms with Crippen LogP contribution in [-0.4, -0.2) is 11.0 Å². The first kappa shape index (κ1) is 18.5. The number of nitrogens with two attached hydrogens (primary N) is 1. The molecule has 0 atom stereocenters. The smallest absolute Gasteiger partial charge is 0.255 e. The Kier molecular flexibility index (Phi) is 5.61. The summed E-state index contributed by atoms with van der Waals surface area (Å²) >= 11 is 13.3. The summed E-state index contributed by atoms with van der Waals surface area (Å²) in [7, 11) is 0. The molecule has 4 N–H and O–H groups in total. The number of nitrogens with one attached hydrogen (secondary N) is 1. The van der Waals surface area contributed by atoms with Gasteiger partial charge >= 0.3 is 0 Å². The average molecular weight is 405 g/mol. The molecule has 0 saturated heterocycles. The minimum Gasteiger partial charge on any atom is -0.508 e. The van der Waals surface area contributed by atoms with Crippen LogP contribution in [0.5, 0.6) is 5.75 Å². The van der Waals surface area contributed by atoms with Crippen molar-refractivity contribution in [3.8, 4) is 5.75 Å². The summed E-state index contributed by atoms with van der Waals surface area (Å²) in [4.78, 5) is 14.1. The van der Waals surface area contributed by atoms with Crippen molar-refractivity contribution in [2.45, 2.75) is 9.79 Å².